The van der Waals surface area contributed by atoms with Gasteiger partial charge in [-0.25, -0.2) is 4.79 Å². The van der Waals surface area contributed by atoms with Gasteiger partial charge in [0, 0.05) is 18.6 Å². The van der Waals surface area contributed by atoms with Crippen molar-refractivity contribution in [1.29, 1.82) is 0 Å². The van der Waals surface area contributed by atoms with Crippen molar-refractivity contribution in [3.05, 3.63) is 11.6 Å². The van der Waals surface area contributed by atoms with E-state index in [0.29, 0.717) is 22.3 Å². The lowest BCUT2D eigenvalue weighted by molar-refractivity contribution is -0.216. The molecule has 6 nitrogen and oxygen atoms in total. The van der Waals surface area contributed by atoms with E-state index in [-0.39, 0.29) is 23.9 Å². The van der Waals surface area contributed by atoms with Gasteiger partial charge in [-0.15, -0.1) is 0 Å². The predicted octanol–water partition coefficient (Wildman–Crippen LogP) is 4.54. The second kappa shape index (κ2) is 7.55. The summed E-state index contributed by atoms with van der Waals surface area (Å²) in [5, 5.41) is 10.3. The molecule has 1 saturated heterocycles. The highest BCUT2D eigenvalue weighted by Gasteiger charge is 2.68. The zero-order valence-electron chi connectivity index (χ0n) is 20.8. The number of ether oxygens (including phenoxy) is 3. The van der Waals surface area contributed by atoms with Crippen molar-refractivity contribution in [3.8, 4) is 0 Å². The summed E-state index contributed by atoms with van der Waals surface area (Å²) in [6.07, 6.45) is 8.59. The minimum absolute atomic E-state index is 0.0564. The van der Waals surface area contributed by atoms with Crippen molar-refractivity contribution in [1.82, 2.24) is 0 Å². The first-order valence-corrected chi connectivity index (χ1v) is 12.8. The first-order chi connectivity index (χ1) is 15.4. The van der Waals surface area contributed by atoms with E-state index >= 15 is 0 Å². The van der Waals surface area contributed by atoms with Gasteiger partial charge in [-0.1, -0.05) is 34.1 Å². The standard InChI is InChI=1S/C27H40O6/c1-16(28)31-15-27-12-8-20-25(4)10-6-9-24(2,3)19(25)7-11-26(20,5)21(27)14-18(33-27)17-13-22(29)32-23(17)30/h13,18-21,23,30H,6-12,14-15H2,1-5H3/t18-,19-,20-,21+,23+,25+,26-,27+/m0/s1. The van der Waals surface area contributed by atoms with E-state index in [1.807, 2.05) is 0 Å². The van der Waals surface area contributed by atoms with Crippen LogP contribution in [0.1, 0.15) is 86.0 Å². The van der Waals surface area contributed by atoms with Crippen molar-refractivity contribution in [2.24, 2.45) is 34.0 Å². The Morgan fingerprint density at radius 3 is 2.42 bits per heavy atom. The Balaban J connectivity index is 1.51. The third-order valence-corrected chi connectivity index (χ3v) is 10.6. The maximum absolute atomic E-state index is 11.8. The number of aliphatic hydroxyl groups is 1. The summed E-state index contributed by atoms with van der Waals surface area (Å²) in [5.74, 6) is 0.680. The summed E-state index contributed by atoms with van der Waals surface area (Å²) < 4.78 is 17.3. The highest BCUT2D eigenvalue weighted by molar-refractivity contribution is 5.85. The Labute approximate surface area is 197 Å². The van der Waals surface area contributed by atoms with Crippen LogP contribution in [-0.4, -0.2) is 41.6 Å². The number of hydrogen-bond acceptors (Lipinski definition) is 6. The first-order valence-electron chi connectivity index (χ1n) is 12.8. The number of esters is 2. The largest absolute Gasteiger partial charge is 0.463 e. The predicted molar refractivity (Wildman–Crippen MR) is 122 cm³/mol. The molecular formula is C27H40O6. The maximum Gasteiger partial charge on any atom is 0.333 e. The lowest BCUT2D eigenvalue weighted by atomic mass is 9.38. The molecule has 8 atom stereocenters. The minimum Gasteiger partial charge on any atom is -0.463 e. The van der Waals surface area contributed by atoms with Gasteiger partial charge in [-0.3, -0.25) is 4.79 Å². The molecule has 0 unspecified atom stereocenters. The first kappa shape index (κ1) is 23.3. The smallest absolute Gasteiger partial charge is 0.333 e. The molecular weight excluding hydrogens is 420 g/mol. The van der Waals surface area contributed by atoms with Crippen LogP contribution >= 0.6 is 0 Å². The fourth-order valence-corrected chi connectivity index (χ4v) is 9.40. The van der Waals surface area contributed by atoms with Gasteiger partial charge in [0.1, 0.15) is 12.2 Å². The summed E-state index contributed by atoms with van der Waals surface area (Å²) in [7, 11) is 0. The van der Waals surface area contributed by atoms with Crippen LogP contribution in [0, 0.1) is 34.0 Å². The Bertz CT molecular complexity index is 878. The molecule has 2 heterocycles. The quantitative estimate of drug-likeness (QED) is 0.623. The summed E-state index contributed by atoms with van der Waals surface area (Å²) in [5.41, 5.74) is 0.648. The van der Waals surface area contributed by atoms with Gasteiger partial charge in [-0.2, -0.15) is 0 Å². The molecule has 3 aliphatic carbocycles. The molecule has 0 aromatic heterocycles. The van der Waals surface area contributed by atoms with E-state index in [0.717, 1.165) is 31.6 Å². The normalized spacial score (nSPS) is 48.2. The summed E-state index contributed by atoms with van der Waals surface area (Å²) in [6, 6.07) is 0. The highest BCUT2D eigenvalue weighted by Crippen LogP contribution is 2.71. The zero-order valence-corrected chi connectivity index (χ0v) is 20.8. The Hall–Kier alpha value is -1.40. The SMILES string of the molecule is CC(=O)OC[C@]12CC[C@H]3[C@]4(C)CCCC(C)(C)[C@@H]4CC[C@]3(C)[C@H]1C[C@@H](C1=CC(=O)O[C@H]1O)O2. The number of aliphatic hydroxyl groups excluding tert-OH is 1. The number of carbonyl (C=O) groups excluding carboxylic acids is 2. The van der Waals surface area contributed by atoms with E-state index in [4.69, 9.17) is 14.2 Å². The van der Waals surface area contributed by atoms with Crippen molar-refractivity contribution in [2.75, 3.05) is 6.61 Å². The summed E-state index contributed by atoms with van der Waals surface area (Å²) in [6.45, 7) is 11.6. The minimum atomic E-state index is -1.25. The van der Waals surface area contributed by atoms with Crippen LogP contribution in [-0.2, 0) is 23.8 Å². The molecule has 184 valence electrons. The van der Waals surface area contributed by atoms with Gasteiger partial charge < -0.3 is 19.3 Å². The molecule has 33 heavy (non-hydrogen) atoms. The molecule has 0 spiro atoms. The molecule has 0 aromatic carbocycles. The van der Waals surface area contributed by atoms with Crippen molar-refractivity contribution in [2.45, 2.75) is 104 Å². The average Bonchev–Trinajstić information content (AvgIpc) is 3.26. The van der Waals surface area contributed by atoms with E-state index in [1.54, 1.807) is 0 Å². The molecule has 0 radical (unpaired) electrons. The topological polar surface area (TPSA) is 82.1 Å². The van der Waals surface area contributed by atoms with E-state index in [9.17, 15) is 14.7 Å². The van der Waals surface area contributed by atoms with Gasteiger partial charge in [0.15, 0.2) is 0 Å². The van der Waals surface area contributed by atoms with Crippen LogP contribution in [0.3, 0.4) is 0 Å². The van der Waals surface area contributed by atoms with Crippen LogP contribution in [0.2, 0.25) is 0 Å². The van der Waals surface area contributed by atoms with Crippen LogP contribution < -0.4 is 0 Å². The van der Waals surface area contributed by atoms with Crippen molar-refractivity contribution >= 4 is 11.9 Å². The van der Waals surface area contributed by atoms with Gasteiger partial charge in [0.2, 0.25) is 6.29 Å². The Morgan fingerprint density at radius 2 is 1.76 bits per heavy atom. The Kier molecular flexibility index (Phi) is 5.34. The molecule has 6 heteroatoms. The van der Waals surface area contributed by atoms with Crippen LogP contribution in [0.4, 0.5) is 0 Å². The number of fused-ring (bicyclic) bond motifs is 5. The summed E-state index contributed by atoms with van der Waals surface area (Å²) in [4.78, 5) is 23.6. The van der Waals surface area contributed by atoms with Crippen molar-refractivity contribution in [3.63, 3.8) is 0 Å². The fourth-order valence-electron chi connectivity index (χ4n) is 9.40. The molecule has 4 fully saturated rings. The highest BCUT2D eigenvalue weighted by atomic mass is 16.6. The van der Waals surface area contributed by atoms with Crippen LogP contribution in [0.5, 0.6) is 0 Å². The maximum atomic E-state index is 11.8. The van der Waals surface area contributed by atoms with E-state index in [1.165, 1.54) is 38.7 Å². The molecule has 0 bridgehead atoms. The molecule has 5 rings (SSSR count). The summed E-state index contributed by atoms with van der Waals surface area (Å²) >= 11 is 0. The van der Waals surface area contributed by atoms with Gasteiger partial charge in [0.05, 0.1) is 6.10 Å². The van der Waals surface area contributed by atoms with Gasteiger partial charge in [-0.05, 0) is 78.9 Å². The molecule has 3 saturated carbocycles. The molecule has 1 N–H and O–H groups in total. The third kappa shape index (κ3) is 3.42. The van der Waals surface area contributed by atoms with Crippen LogP contribution in [0.25, 0.3) is 0 Å². The zero-order chi connectivity index (χ0) is 23.8. The molecule has 5 aliphatic rings. The number of carbonyl (C=O) groups is 2. The van der Waals surface area contributed by atoms with E-state index < -0.39 is 24.0 Å². The van der Waals surface area contributed by atoms with Crippen molar-refractivity contribution < 1.29 is 28.9 Å². The van der Waals surface area contributed by atoms with Gasteiger partial charge >= 0.3 is 11.9 Å². The molecule has 2 aliphatic heterocycles. The van der Waals surface area contributed by atoms with Crippen LogP contribution in [0.15, 0.2) is 11.6 Å². The molecule has 0 amide bonds. The third-order valence-electron chi connectivity index (χ3n) is 10.6. The molecule has 0 aromatic rings. The lowest BCUT2D eigenvalue weighted by Crippen LogP contribution is -2.63. The fraction of sp³-hybridized carbons (Fsp3) is 0.852. The van der Waals surface area contributed by atoms with Gasteiger partial charge in [0.25, 0.3) is 0 Å². The van der Waals surface area contributed by atoms with E-state index in [2.05, 4.69) is 27.7 Å². The second-order valence-corrected chi connectivity index (χ2v) is 12.7. The number of cyclic esters (lactones) is 1. The number of rotatable bonds is 3. The Morgan fingerprint density at radius 1 is 1.06 bits per heavy atom. The average molecular weight is 461 g/mol. The monoisotopic (exact) mass is 460 g/mol. The second-order valence-electron chi connectivity index (χ2n) is 12.7. The number of hydrogen-bond donors (Lipinski definition) is 1. The lowest BCUT2D eigenvalue weighted by Gasteiger charge is -2.67.